The van der Waals surface area contributed by atoms with Gasteiger partial charge in [-0.15, -0.1) is 0 Å². The second-order valence-corrected chi connectivity index (χ2v) is 4.37. The molecule has 0 fully saturated rings. The Labute approximate surface area is 101 Å². The van der Waals surface area contributed by atoms with Crippen LogP contribution in [0.3, 0.4) is 0 Å². The van der Waals surface area contributed by atoms with Crippen molar-refractivity contribution in [2.45, 2.75) is 13.8 Å². The monoisotopic (exact) mass is 227 g/mol. The summed E-state index contributed by atoms with van der Waals surface area (Å²) in [6.07, 6.45) is 0. The molecule has 3 nitrogen and oxygen atoms in total. The largest absolute Gasteiger partial charge is 0.399 e. The fraction of sp³-hybridized carbons (Fsp3) is 0.143. The van der Waals surface area contributed by atoms with Gasteiger partial charge in [0.15, 0.2) is 0 Å². The lowest BCUT2D eigenvalue weighted by molar-refractivity contribution is 1.44. The normalized spacial score (nSPS) is 10.5. The van der Waals surface area contributed by atoms with Crippen molar-refractivity contribution < 1.29 is 0 Å². The zero-order valence-corrected chi connectivity index (χ0v) is 10.1. The summed E-state index contributed by atoms with van der Waals surface area (Å²) in [7, 11) is 0. The number of rotatable bonds is 1. The molecule has 0 aliphatic heterocycles. The van der Waals surface area contributed by atoms with Crippen molar-refractivity contribution in [3.63, 3.8) is 0 Å². The summed E-state index contributed by atoms with van der Waals surface area (Å²) >= 11 is 0. The number of nitrogens with two attached hydrogens (primary N) is 3. The van der Waals surface area contributed by atoms with Crippen LogP contribution in [0.1, 0.15) is 11.1 Å². The molecule has 0 spiro atoms. The van der Waals surface area contributed by atoms with E-state index >= 15 is 0 Å². The first-order valence-electron chi connectivity index (χ1n) is 5.51. The van der Waals surface area contributed by atoms with Gasteiger partial charge in [-0.2, -0.15) is 0 Å². The van der Waals surface area contributed by atoms with Gasteiger partial charge in [0.1, 0.15) is 0 Å². The third-order valence-electron chi connectivity index (χ3n) is 3.02. The van der Waals surface area contributed by atoms with E-state index in [9.17, 15) is 0 Å². The van der Waals surface area contributed by atoms with Gasteiger partial charge < -0.3 is 17.2 Å². The van der Waals surface area contributed by atoms with Crippen LogP contribution in [0.15, 0.2) is 30.3 Å². The van der Waals surface area contributed by atoms with Crippen molar-refractivity contribution >= 4 is 17.1 Å². The predicted octanol–water partition coefficient (Wildman–Crippen LogP) is 2.72. The summed E-state index contributed by atoms with van der Waals surface area (Å²) < 4.78 is 0. The Hall–Kier alpha value is -2.16. The van der Waals surface area contributed by atoms with Gasteiger partial charge in [0.25, 0.3) is 0 Å². The number of hydrogen-bond acceptors (Lipinski definition) is 3. The van der Waals surface area contributed by atoms with Gasteiger partial charge in [0.2, 0.25) is 0 Å². The fourth-order valence-electron chi connectivity index (χ4n) is 1.85. The van der Waals surface area contributed by atoms with Crippen LogP contribution in [-0.2, 0) is 0 Å². The van der Waals surface area contributed by atoms with E-state index in [2.05, 4.69) is 6.07 Å². The molecule has 2 aromatic carbocycles. The highest BCUT2D eigenvalue weighted by Gasteiger charge is 2.05. The van der Waals surface area contributed by atoms with Crippen LogP contribution >= 0.6 is 0 Å². The van der Waals surface area contributed by atoms with Crippen molar-refractivity contribution in [1.82, 2.24) is 0 Å². The molecule has 6 N–H and O–H groups in total. The van der Waals surface area contributed by atoms with E-state index in [4.69, 9.17) is 17.2 Å². The summed E-state index contributed by atoms with van der Waals surface area (Å²) in [5, 5.41) is 0. The van der Waals surface area contributed by atoms with Crippen molar-refractivity contribution in [3.05, 3.63) is 41.5 Å². The Bertz CT molecular complexity index is 551. The van der Waals surface area contributed by atoms with E-state index in [1.165, 1.54) is 0 Å². The SMILES string of the molecule is Cc1cc(-c2cc(C)c(N)c(N)c2)ccc1N. The number of aryl methyl sites for hydroxylation is 2. The van der Waals surface area contributed by atoms with Crippen LogP contribution in [-0.4, -0.2) is 0 Å². The minimum Gasteiger partial charge on any atom is -0.399 e. The van der Waals surface area contributed by atoms with E-state index in [1.807, 2.05) is 38.1 Å². The highest BCUT2D eigenvalue weighted by atomic mass is 14.7. The number of anilines is 3. The van der Waals surface area contributed by atoms with Gasteiger partial charge in [-0.05, 0) is 60.4 Å². The first-order chi connectivity index (χ1) is 7.99. The van der Waals surface area contributed by atoms with Crippen LogP contribution in [0.4, 0.5) is 17.1 Å². The lowest BCUT2D eigenvalue weighted by Crippen LogP contribution is -1.98. The van der Waals surface area contributed by atoms with E-state index in [-0.39, 0.29) is 0 Å². The van der Waals surface area contributed by atoms with Gasteiger partial charge in [0, 0.05) is 5.69 Å². The molecule has 88 valence electrons. The highest BCUT2D eigenvalue weighted by Crippen LogP contribution is 2.29. The molecule has 0 aliphatic carbocycles. The average molecular weight is 227 g/mol. The predicted molar refractivity (Wildman–Crippen MR) is 74.6 cm³/mol. The quantitative estimate of drug-likeness (QED) is 0.655. The molecule has 0 unspecified atom stereocenters. The standard InChI is InChI=1S/C14H17N3/c1-8-5-10(3-4-12(8)15)11-6-9(2)14(17)13(16)7-11/h3-7H,15-17H2,1-2H3. The Morgan fingerprint density at radius 1 is 0.706 bits per heavy atom. The zero-order valence-electron chi connectivity index (χ0n) is 10.1. The fourth-order valence-corrected chi connectivity index (χ4v) is 1.85. The maximum Gasteiger partial charge on any atom is 0.0577 e. The van der Waals surface area contributed by atoms with Gasteiger partial charge in [0.05, 0.1) is 11.4 Å². The van der Waals surface area contributed by atoms with Crippen molar-refractivity contribution in [1.29, 1.82) is 0 Å². The van der Waals surface area contributed by atoms with E-state index in [0.717, 1.165) is 27.9 Å². The lowest BCUT2D eigenvalue weighted by Gasteiger charge is -2.10. The number of nitrogen functional groups attached to an aromatic ring is 3. The second kappa shape index (κ2) is 4.01. The van der Waals surface area contributed by atoms with Crippen molar-refractivity contribution in [2.75, 3.05) is 17.2 Å². The molecule has 17 heavy (non-hydrogen) atoms. The molecule has 0 atom stereocenters. The summed E-state index contributed by atoms with van der Waals surface area (Å²) in [6.45, 7) is 3.95. The van der Waals surface area contributed by atoms with Gasteiger partial charge in [-0.25, -0.2) is 0 Å². The van der Waals surface area contributed by atoms with E-state index < -0.39 is 0 Å². The van der Waals surface area contributed by atoms with Crippen LogP contribution in [0, 0.1) is 13.8 Å². The first-order valence-corrected chi connectivity index (χ1v) is 5.51. The molecule has 2 rings (SSSR count). The Morgan fingerprint density at radius 2 is 1.35 bits per heavy atom. The molecular formula is C14H17N3. The summed E-state index contributed by atoms with van der Waals surface area (Å²) in [6, 6.07) is 9.89. The third-order valence-corrected chi connectivity index (χ3v) is 3.02. The van der Waals surface area contributed by atoms with E-state index in [0.29, 0.717) is 11.4 Å². The van der Waals surface area contributed by atoms with Crippen LogP contribution in [0.25, 0.3) is 11.1 Å². The van der Waals surface area contributed by atoms with Gasteiger partial charge in [-0.1, -0.05) is 6.07 Å². The summed E-state index contributed by atoms with van der Waals surface area (Å²) in [5.41, 5.74) is 23.8. The minimum atomic E-state index is 0.620. The van der Waals surface area contributed by atoms with E-state index in [1.54, 1.807) is 0 Å². The molecule has 0 radical (unpaired) electrons. The number of benzene rings is 2. The Kier molecular flexibility index (Phi) is 2.68. The molecule has 3 heteroatoms. The zero-order chi connectivity index (χ0) is 12.6. The average Bonchev–Trinajstić information content (AvgIpc) is 2.29. The van der Waals surface area contributed by atoms with Gasteiger partial charge in [-0.3, -0.25) is 0 Å². The first kappa shape index (κ1) is 11.3. The highest BCUT2D eigenvalue weighted by molar-refractivity contribution is 5.78. The molecular weight excluding hydrogens is 210 g/mol. The molecule has 0 aliphatic rings. The minimum absolute atomic E-state index is 0.620. The molecule has 0 heterocycles. The lowest BCUT2D eigenvalue weighted by atomic mass is 9.99. The molecule has 0 saturated carbocycles. The molecule has 0 amide bonds. The van der Waals surface area contributed by atoms with Crippen LogP contribution in [0.5, 0.6) is 0 Å². The molecule has 0 aromatic heterocycles. The van der Waals surface area contributed by atoms with Gasteiger partial charge >= 0.3 is 0 Å². The molecule has 0 bridgehead atoms. The number of hydrogen-bond donors (Lipinski definition) is 3. The van der Waals surface area contributed by atoms with Crippen LogP contribution < -0.4 is 17.2 Å². The molecule has 0 saturated heterocycles. The Balaban J connectivity index is 2.57. The summed E-state index contributed by atoms with van der Waals surface area (Å²) in [5.74, 6) is 0. The van der Waals surface area contributed by atoms with Crippen molar-refractivity contribution in [2.24, 2.45) is 0 Å². The third kappa shape index (κ3) is 2.04. The summed E-state index contributed by atoms with van der Waals surface area (Å²) in [4.78, 5) is 0. The second-order valence-electron chi connectivity index (χ2n) is 4.37. The molecule has 2 aromatic rings. The van der Waals surface area contributed by atoms with Crippen LogP contribution in [0.2, 0.25) is 0 Å². The topological polar surface area (TPSA) is 78.1 Å². The maximum absolute atomic E-state index is 5.88. The van der Waals surface area contributed by atoms with Crippen molar-refractivity contribution in [3.8, 4) is 11.1 Å². The Morgan fingerprint density at radius 3 is 1.94 bits per heavy atom. The smallest absolute Gasteiger partial charge is 0.0577 e. The maximum atomic E-state index is 5.88.